The van der Waals surface area contributed by atoms with E-state index in [1.807, 2.05) is 0 Å². The maximum atomic E-state index is 13.5. The van der Waals surface area contributed by atoms with Crippen molar-refractivity contribution < 1.29 is 9.53 Å². The SMILES string of the molecule is C[C@]12C[C@H]3O[C@H]3CC1CCC1C2CC[C@]2(C)C(=O)[C@@H](N3CCCC3)C[C@@H]12. The Balaban J connectivity index is 1.30. The first kappa shape index (κ1) is 16.5. The number of ketones is 1. The molecule has 2 saturated heterocycles. The Hall–Kier alpha value is -0.410. The molecule has 0 aromatic carbocycles. The number of epoxide rings is 1. The van der Waals surface area contributed by atoms with Crippen LogP contribution in [0.25, 0.3) is 0 Å². The molecule has 6 rings (SSSR count). The van der Waals surface area contributed by atoms with Gasteiger partial charge in [0, 0.05) is 5.41 Å². The summed E-state index contributed by atoms with van der Waals surface area (Å²) in [4.78, 5) is 16.0. The van der Waals surface area contributed by atoms with Crippen molar-refractivity contribution in [2.24, 2.45) is 34.5 Å². The third-order valence-corrected chi connectivity index (χ3v) is 10.2. The van der Waals surface area contributed by atoms with Crippen LogP contribution in [0.4, 0.5) is 0 Å². The number of hydrogen-bond acceptors (Lipinski definition) is 3. The van der Waals surface area contributed by atoms with E-state index in [4.69, 9.17) is 4.74 Å². The second-order valence-electron chi connectivity index (χ2n) is 11.1. The van der Waals surface area contributed by atoms with Gasteiger partial charge in [-0.05, 0) is 100.0 Å². The van der Waals surface area contributed by atoms with Gasteiger partial charge in [0.15, 0.2) is 5.78 Å². The van der Waals surface area contributed by atoms with E-state index in [2.05, 4.69) is 18.7 Å². The van der Waals surface area contributed by atoms with Crippen LogP contribution in [-0.2, 0) is 9.53 Å². The maximum absolute atomic E-state index is 13.5. The van der Waals surface area contributed by atoms with E-state index in [1.165, 1.54) is 51.4 Å². The highest BCUT2D eigenvalue weighted by Crippen LogP contribution is 2.67. The highest BCUT2D eigenvalue weighted by molar-refractivity contribution is 5.92. The van der Waals surface area contributed by atoms with Gasteiger partial charge < -0.3 is 4.74 Å². The molecule has 0 bridgehead atoms. The molecule has 6 fully saturated rings. The van der Waals surface area contributed by atoms with Gasteiger partial charge in [0.1, 0.15) is 0 Å². The Kier molecular flexibility index (Phi) is 3.40. The van der Waals surface area contributed by atoms with Crippen LogP contribution in [-0.4, -0.2) is 42.0 Å². The Morgan fingerprint density at radius 2 is 1.81 bits per heavy atom. The summed E-state index contributed by atoms with van der Waals surface area (Å²) in [5, 5.41) is 0. The zero-order valence-corrected chi connectivity index (χ0v) is 16.6. The number of nitrogens with zero attached hydrogens (tertiary/aromatic N) is 1. The van der Waals surface area contributed by atoms with Crippen molar-refractivity contribution in [1.29, 1.82) is 0 Å². The number of fused-ring (bicyclic) bond motifs is 6. The van der Waals surface area contributed by atoms with E-state index in [0.29, 0.717) is 29.3 Å². The smallest absolute Gasteiger partial charge is 0.156 e. The van der Waals surface area contributed by atoms with Crippen molar-refractivity contribution >= 4 is 5.78 Å². The van der Waals surface area contributed by atoms with Crippen molar-refractivity contribution in [2.75, 3.05) is 13.1 Å². The van der Waals surface area contributed by atoms with Crippen LogP contribution >= 0.6 is 0 Å². The molecule has 3 unspecified atom stereocenters. The number of ether oxygens (including phenoxy) is 1. The molecule has 9 atom stereocenters. The summed E-state index contributed by atoms with van der Waals surface area (Å²) in [5.74, 6) is 3.78. The lowest BCUT2D eigenvalue weighted by molar-refractivity contribution is -0.139. The number of carbonyl (C=O) groups is 1. The molecule has 26 heavy (non-hydrogen) atoms. The van der Waals surface area contributed by atoms with Gasteiger partial charge in [-0.1, -0.05) is 13.8 Å². The van der Waals surface area contributed by atoms with Crippen LogP contribution in [0.15, 0.2) is 0 Å². The molecule has 0 N–H and O–H groups in total. The van der Waals surface area contributed by atoms with Gasteiger partial charge in [0.2, 0.25) is 0 Å². The van der Waals surface area contributed by atoms with Crippen molar-refractivity contribution in [3.63, 3.8) is 0 Å². The molecular formula is C23H35NO2. The predicted octanol–water partition coefficient (Wildman–Crippen LogP) is 4.05. The molecule has 4 aliphatic carbocycles. The molecule has 6 aliphatic rings. The summed E-state index contributed by atoms with van der Waals surface area (Å²) >= 11 is 0. The van der Waals surface area contributed by atoms with Gasteiger partial charge in [0.25, 0.3) is 0 Å². The highest BCUT2D eigenvalue weighted by atomic mass is 16.6. The van der Waals surface area contributed by atoms with Gasteiger partial charge in [-0.25, -0.2) is 0 Å². The number of Topliss-reactive ketones (excluding diaryl/α,β-unsaturated/α-hetero) is 1. The minimum atomic E-state index is -0.0229. The summed E-state index contributed by atoms with van der Waals surface area (Å²) in [6.45, 7) is 7.27. The van der Waals surface area contributed by atoms with Gasteiger partial charge in [-0.15, -0.1) is 0 Å². The summed E-state index contributed by atoms with van der Waals surface area (Å²) in [5.41, 5.74) is 0.460. The van der Waals surface area contributed by atoms with Crippen molar-refractivity contribution in [2.45, 2.75) is 89.9 Å². The average molecular weight is 358 g/mol. The molecule has 0 radical (unpaired) electrons. The van der Waals surface area contributed by atoms with Crippen LogP contribution in [0.1, 0.15) is 71.6 Å². The first-order valence-electron chi connectivity index (χ1n) is 11.4. The van der Waals surface area contributed by atoms with Crippen LogP contribution in [0.3, 0.4) is 0 Å². The molecular weight excluding hydrogens is 322 g/mol. The van der Waals surface area contributed by atoms with Crippen LogP contribution in [0, 0.1) is 34.5 Å². The summed E-state index contributed by atoms with van der Waals surface area (Å²) < 4.78 is 5.96. The molecule has 4 saturated carbocycles. The molecule has 3 nitrogen and oxygen atoms in total. The zero-order valence-electron chi connectivity index (χ0n) is 16.6. The molecule has 0 amide bonds. The summed E-state index contributed by atoms with van der Waals surface area (Å²) in [7, 11) is 0. The fourth-order valence-electron chi connectivity index (χ4n) is 8.68. The number of carbonyl (C=O) groups excluding carboxylic acids is 1. The minimum Gasteiger partial charge on any atom is -0.370 e. The maximum Gasteiger partial charge on any atom is 0.156 e. The number of rotatable bonds is 1. The second kappa shape index (κ2) is 5.35. The number of hydrogen-bond donors (Lipinski definition) is 0. The monoisotopic (exact) mass is 357 g/mol. The highest BCUT2D eigenvalue weighted by Gasteiger charge is 2.65. The van der Waals surface area contributed by atoms with Gasteiger partial charge in [-0.3, -0.25) is 9.69 Å². The topological polar surface area (TPSA) is 32.8 Å². The Labute approximate surface area is 158 Å². The van der Waals surface area contributed by atoms with Crippen molar-refractivity contribution in [3.8, 4) is 0 Å². The number of likely N-dealkylation sites (tertiary alicyclic amines) is 1. The Morgan fingerprint density at radius 1 is 1.00 bits per heavy atom. The molecule has 0 aromatic heterocycles. The minimum absolute atomic E-state index is 0.0229. The van der Waals surface area contributed by atoms with E-state index < -0.39 is 0 Å². The quantitative estimate of drug-likeness (QED) is 0.664. The standard InChI is InChI=1S/C23H35NO2/c1-22-8-7-16-15(6-5-14-11-19-20(26-19)13-23(14,16)2)17(22)12-18(21(22)25)24-9-3-4-10-24/h14-20H,3-13H2,1-2H3/t14?,15?,16?,17-,18-,19-,20+,22-,23-/m0/s1. The van der Waals surface area contributed by atoms with Gasteiger partial charge >= 0.3 is 0 Å². The first-order chi connectivity index (χ1) is 12.5. The van der Waals surface area contributed by atoms with E-state index >= 15 is 0 Å². The van der Waals surface area contributed by atoms with Crippen molar-refractivity contribution in [3.05, 3.63) is 0 Å². The predicted molar refractivity (Wildman–Crippen MR) is 101 cm³/mol. The van der Waals surface area contributed by atoms with Crippen LogP contribution in [0.2, 0.25) is 0 Å². The lowest BCUT2D eigenvalue weighted by atomic mass is 9.45. The summed E-state index contributed by atoms with van der Waals surface area (Å²) in [6.07, 6.45) is 12.8. The largest absolute Gasteiger partial charge is 0.370 e. The van der Waals surface area contributed by atoms with Gasteiger partial charge in [0.05, 0.1) is 18.2 Å². The third kappa shape index (κ3) is 2.05. The van der Waals surface area contributed by atoms with Crippen LogP contribution in [0.5, 0.6) is 0 Å². The normalized spacial score (nSPS) is 58.7. The van der Waals surface area contributed by atoms with Crippen LogP contribution < -0.4 is 0 Å². The fourth-order valence-corrected chi connectivity index (χ4v) is 8.68. The molecule has 2 aliphatic heterocycles. The van der Waals surface area contributed by atoms with Crippen molar-refractivity contribution in [1.82, 2.24) is 4.90 Å². The lowest BCUT2D eigenvalue weighted by Crippen LogP contribution is -2.53. The van der Waals surface area contributed by atoms with E-state index in [0.717, 1.165) is 37.3 Å². The third-order valence-electron chi connectivity index (χ3n) is 10.2. The molecule has 144 valence electrons. The van der Waals surface area contributed by atoms with E-state index in [1.54, 1.807) is 0 Å². The Morgan fingerprint density at radius 3 is 2.62 bits per heavy atom. The molecule has 0 aromatic rings. The van der Waals surface area contributed by atoms with Gasteiger partial charge in [-0.2, -0.15) is 0 Å². The lowest BCUT2D eigenvalue weighted by Gasteiger charge is -2.58. The average Bonchev–Trinajstić information content (AvgIpc) is 3.02. The fraction of sp³-hybridized carbons (Fsp3) is 0.957. The molecule has 0 spiro atoms. The van der Waals surface area contributed by atoms with E-state index in [-0.39, 0.29) is 11.5 Å². The first-order valence-corrected chi connectivity index (χ1v) is 11.4. The second-order valence-corrected chi connectivity index (χ2v) is 11.1. The zero-order chi connectivity index (χ0) is 17.7. The molecule has 2 heterocycles. The van der Waals surface area contributed by atoms with E-state index in [9.17, 15) is 4.79 Å². The molecule has 3 heteroatoms. The summed E-state index contributed by atoms with van der Waals surface area (Å²) in [6, 6.07) is 0.249. The Bertz CT molecular complexity index is 628.